The molecule has 66 heavy (non-hydrogen) atoms. The lowest BCUT2D eigenvalue weighted by Crippen LogP contribution is -2.34. The van der Waals surface area contributed by atoms with Crippen LogP contribution in [-0.2, 0) is 43.2 Å². The van der Waals surface area contributed by atoms with Crippen molar-refractivity contribution in [1.29, 1.82) is 0 Å². The topological polar surface area (TPSA) is 311 Å². The van der Waals surface area contributed by atoms with Crippen molar-refractivity contribution in [2.75, 3.05) is 25.1 Å². The number of rotatable bonds is 9. The largest absolute Gasteiger partial charge is 0.481 e. The van der Waals surface area contributed by atoms with Gasteiger partial charge in [-0.15, -0.1) is 20.4 Å². The molecule has 4 heterocycles. The monoisotopic (exact) mass is 973 g/mol. The Morgan fingerprint density at radius 3 is 1.59 bits per heavy atom. The number of hydrazine groups is 1. The fourth-order valence-corrected chi connectivity index (χ4v) is 6.42. The predicted octanol–water partition coefficient (Wildman–Crippen LogP) is 4.13. The highest BCUT2D eigenvalue weighted by Gasteiger charge is 2.23. The molecule has 352 valence electrons. The van der Waals surface area contributed by atoms with E-state index in [2.05, 4.69) is 54.0 Å². The van der Waals surface area contributed by atoms with Gasteiger partial charge in [0.25, 0.3) is 5.91 Å². The second-order valence-corrected chi connectivity index (χ2v) is 15.6. The molecule has 0 aliphatic carbocycles. The fourth-order valence-electron chi connectivity index (χ4n) is 5.00. The highest BCUT2D eigenvalue weighted by Crippen LogP contribution is 2.20. The number of nitrogens with one attached hydrogen (secondary N) is 2. The van der Waals surface area contributed by atoms with Crippen molar-refractivity contribution in [3.63, 3.8) is 0 Å². The van der Waals surface area contributed by atoms with E-state index in [9.17, 15) is 37.1 Å². The first-order valence-corrected chi connectivity index (χ1v) is 20.7. The Morgan fingerprint density at radius 1 is 0.727 bits per heavy atom. The molecule has 0 radical (unpaired) electrons. The number of hydrazone groups is 2. The number of anilines is 2. The van der Waals surface area contributed by atoms with Crippen LogP contribution in [0.15, 0.2) is 83.0 Å². The molecule has 3 aromatic carbocycles. The van der Waals surface area contributed by atoms with E-state index in [1.54, 1.807) is 24.3 Å². The van der Waals surface area contributed by atoms with E-state index in [0.717, 1.165) is 26.2 Å². The first-order valence-electron chi connectivity index (χ1n) is 18.7. The number of nitrogens with two attached hydrogens (primary N) is 3. The van der Waals surface area contributed by atoms with E-state index in [0.29, 0.717) is 40.1 Å². The maximum atomic E-state index is 13.2. The molecule has 3 amide bonds. The average Bonchev–Trinajstić information content (AvgIpc) is 3.87. The Labute approximate surface area is 389 Å². The number of benzene rings is 3. The molecule has 0 bridgehead atoms. The lowest BCUT2D eigenvalue weighted by Gasteiger charge is -2.18. The number of nitrogen functional groups attached to an aromatic ring is 1. The van der Waals surface area contributed by atoms with Crippen molar-refractivity contribution in [3.8, 4) is 0 Å². The van der Waals surface area contributed by atoms with Gasteiger partial charge >= 0.3 is 11.9 Å². The smallest absolute Gasteiger partial charge is 0.352 e. The summed E-state index contributed by atoms with van der Waals surface area (Å²) in [5, 5.41) is 47.0. The molecule has 26 heteroatoms. The number of aromatic nitrogens is 4. The summed E-state index contributed by atoms with van der Waals surface area (Å²) in [5.41, 5.74) is 14.7. The van der Waals surface area contributed by atoms with Gasteiger partial charge in [0.05, 0.1) is 6.42 Å². The van der Waals surface area contributed by atoms with Crippen LogP contribution in [0.2, 0.25) is 0 Å². The van der Waals surface area contributed by atoms with Crippen LogP contribution in [0.5, 0.6) is 0 Å². The Balaban J connectivity index is 0.000000307. The molecule has 2 aromatic heterocycles. The minimum Gasteiger partial charge on any atom is -0.481 e. The van der Waals surface area contributed by atoms with Crippen molar-refractivity contribution in [3.05, 3.63) is 117 Å². The van der Waals surface area contributed by atoms with E-state index >= 15 is 0 Å². The Morgan fingerprint density at radius 2 is 1.17 bits per heavy atom. The van der Waals surface area contributed by atoms with Gasteiger partial charge in [-0.25, -0.2) is 33.8 Å². The summed E-state index contributed by atoms with van der Waals surface area (Å²) in [6.45, 7) is 0. The highest BCUT2D eigenvalue weighted by molar-refractivity contribution is 7.80. The Bertz CT molecular complexity index is 2520. The summed E-state index contributed by atoms with van der Waals surface area (Å²) < 4.78 is 38.4. The van der Waals surface area contributed by atoms with Crippen LogP contribution in [0, 0.1) is 17.5 Å². The number of carboxylic acids is 2. The molecule has 0 unspecified atom stereocenters. The molecule has 0 saturated heterocycles. The molecule has 20 nitrogen and oxygen atoms in total. The summed E-state index contributed by atoms with van der Waals surface area (Å²) in [6, 6.07) is 18.2. The second-order valence-electron chi connectivity index (χ2n) is 13.0. The van der Waals surface area contributed by atoms with Gasteiger partial charge in [-0.1, -0.05) is 66.5 Å². The normalized spacial score (nSPS) is 12.6. The standard InChI is InChI=1S/C15H14FN5O2S.C9H8FN3S.C8H7FO2.C6H8N2O3.CH5N3S.CH4/c1-21-13(22)6-5-11(20-21)14(23)17-15-19-18-12(24-15)8-9-3-2-4-10(16)7-9;10-7-3-1-2-6(4-7)5-8-12-13-9(11)14-8;9-7-3-1-2-6(4-7)5-8(10)11;1-8-5(9)3-2-4(7-8)6(10)11;2-1(5)4-3;/h2-4,7H,5-6,8H2,1H3,(H,17,19,23);1-4H,5H2,(H2,11,13);1-4H,5H2,(H,10,11);2-3H2,1H3,(H,10,11);3H2,(H3,2,4,5);1H4. The van der Waals surface area contributed by atoms with Gasteiger partial charge in [-0.2, -0.15) is 10.2 Å². The maximum absolute atomic E-state index is 13.2. The van der Waals surface area contributed by atoms with Gasteiger partial charge in [-0.3, -0.25) is 24.5 Å². The zero-order chi connectivity index (χ0) is 48.1. The van der Waals surface area contributed by atoms with Gasteiger partial charge in [0, 0.05) is 52.6 Å². The number of carbonyl (C=O) groups is 5. The lowest BCUT2D eigenvalue weighted by molar-refractivity contribution is -0.136. The summed E-state index contributed by atoms with van der Waals surface area (Å²) in [6.07, 6.45) is 1.90. The van der Waals surface area contributed by atoms with Gasteiger partial charge < -0.3 is 27.1 Å². The van der Waals surface area contributed by atoms with E-state index in [-0.39, 0.29) is 73.1 Å². The Hall–Kier alpha value is -7.29. The minimum absolute atomic E-state index is 0. The van der Waals surface area contributed by atoms with Crippen LogP contribution in [0.25, 0.3) is 0 Å². The third-order valence-corrected chi connectivity index (χ3v) is 9.68. The van der Waals surface area contributed by atoms with Crippen molar-refractivity contribution in [1.82, 2.24) is 35.8 Å². The Kier molecular flexibility index (Phi) is 23.1. The van der Waals surface area contributed by atoms with Crippen LogP contribution in [0.3, 0.4) is 0 Å². The van der Waals surface area contributed by atoms with Crippen LogP contribution < -0.4 is 28.1 Å². The van der Waals surface area contributed by atoms with Crippen molar-refractivity contribution < 1.29 is 47.4 Å². The van der Waals surface area contributed by atoms with E-state index in [1.165, 1.54) is 79.2 Å². The molecule has 7 rings (SSSR count). The highest BCUT2D eigenvalue weighted by atomic mass is 32.1. The SMILES string of the molecule is C.CN1N=C(C(=O)Nc2nnc(Cc3cccc(F)c3)s2)CCC1=O.CN1N=C(C(=O)O)CCC1=O.NNC(N)=S.Nc1nnc(Cc2cccc(F)c2)s1.O=C(O)Cc1cccc(F)c1. The fraction of sp³-hybridized carbons (Fsp3) is 0.250. The third kappa shape index (κ3) is 20.5. The minimum atomic E-state index is -1.05. The molecule has 2 aliphatic rings. The molecule has 0 fully saturated rings. The van der Waals surface area contributed by atoms with Gasteiger partial charge in [0.1, 0.15) is 38.9 Å². The molecule has 2 aliphatic heterocycles. The summed E-state index contributed by atoms with van der Waals surface area (Å²) in [7, 11) is 2.96. The van der Waals surface area contributed by atoms with Crippen molar-refractivity contribution in [2.24, 2.45) is 21.8 Å². The van der Waals surface area contributed by atoms with E-state index < -0.39 is 23.7 Å². The van der Waals surface area contributed by atoms with Gasteiger partial charge in [-0.05, 0) is 65.3 Å². The number of amides is 3. The number of hydrogen-bond acceptors (Lipinski definition) is 16. The zero-order valence-electron chi connectivity index (χ0n) is 34.5. The predicted molar refractivity (Wildman–Crippen MR) is 246 cm³/mol. The lowest BCUT2D eigenvalue weighted by atomic mass is 10.1. The summed E-state index contributed by atoms with van der Waals surface area (Å²) >= 11 is 6.78. The number of nitrogens with zero attached hydrogens (tertiary/aromatic N) is 8. The molecule has 0 spiro atoms. The van der Waals surface area contributed by atoms with E-state index in [1.807, 2.05) is 11.5 Å². The van der Waals surface area contributed by atoms with Crippen LogP contribution in [0.4, 0.5) is 23.4 Å². The number of thiocarbonyl (C=S) groups is 1. The third-order valence-electron chi connectivity index (χ3n) is 7.97. The first kappa shape index (κ1) is 54.8. The maximum Gasteiger partial charge on any atom is 0.352 e. The molecule has 0 saturated carbocycles. The second kappa shape index (κ2) is 27.8. The van der Waals surface area contributed by atoms with Gasteiger partial charge in [0.15, 0.2) is 5.11 Å². The van der Waals surface area contributed by atoms with E-state index in [4.69, 9.17) is 21.7 Å². The summed E-state index contributed by atoms with van der Waals surface area (Å²) in [5.74, 6) is 1.04. The van der Waals surface area contributed by atoms with Gasteiger partial charge in [0.2, 0.25) is 22.1 Å². The number of aliphatic carboxylic acids is 2. The van der Waals surface area contributed by atoms with Crippen molar-refractivity contribution >= 4 is 91.4 Å². The molecule has 5 aromatic rings. The van der Waals surface area contributed by atoms with Crippen molar-refractivity contribution in [2.45, 2.75) is 52.4 Å². The average molecular weight is 974 g/mol. The van der Waals surface area contributed by atoms with Crippen LogP contribution >= 0.6 is 34.9 Å². The molecular formula is C40H46F3N13O7S3. The zero-order valence-corrected chi connectivity index (χ0v) is 36.9. The molecular weight excluding hydrogens is 928 g/mol. The van der Waals surface area contributed by atoms with Crippen LogP contribution in [0.1, 0.15) is 59.8 Å². The molecule has 10 N–H and O–H groups in total. The quantitative estimate of drug-likeness (QED) is 0.0621. The number of carbonyl (C=O) groups excluding carboxylic acids is 3. The summed E-state index contributed by atoms with van der Waals surface area (Å²) in [4.78, 5) is 54.8. The first-order chi connectivity index (χ1) is 30.8. The molecule has 0 atom stereocenters. The number of hydrogen-bond donors (Lipinski definition) is 7. The number of carboxylic acid groups (broad SMARTS) is 2. The van der Waals surface area contributed by atoms with Crippen LogP contribution in [-0.4, -0.2) is 101 Å². The number of halogens is 3.